The third-order valence-corrected chi connectivity index (χ3v) is 2.67. The molecule has 1 unspecified atom stereocenters. The number of nitrogens with zero attached hydrogens (tertiary/aromatic N) is 1. The van der Waals surface area contributed by atoms with Crippen LogP contribution in [0.2, 0.25) is 0 Å². The molecule has 1 rings (SSSR count). The zero-order valence-electron chi connectivity index (χ0n) is 10.0. The molecule has 0 saturated heterocycles. The first-order valence-electron chi connectivity index (χ1n) is 5.56. The van der Waals surface area contributed by atoms with Crippen molar-refractivity contribution < 1.29 is 17.6 Å². The van der Waals surface area contributed by atoms with E-state index in [-0.39, 0.29) is 19.5 Å². The fourth-order valence-electron chi connectivity index (χ4n) is 1.83. The maximum absolute atomic E-state index is 12.9. The van der Waals surface area contributed by atoms with Crippen molar-refractivity contribution in [3.8, 4) is 0 Å². The van der Waals surface area contributed by atoms with Crippen LogP contribution in [-0.4, -0.2) is 30.7 Å². The highest BCUT2D eigenvalue weighted by molar-refractivity contribution is 5.16. The molecule has 18 heavy (non-hydrogen) atoms. The Balaban J connectivity index is 2.75. The summed E-state index contributed by atoms with van der Waals surface area (Å²) in [5.74, 6) is -0.455. The minimum absolute atomic E-state index is 0.0297. The number of alkyl halides is 3. The lowest BCUT2D eigenvalue weighted by Gasteiger charge is -2.29. The molecule has 0 radical (unpaired) electrons. The Morgan fingerprint density at radius 2 is 2.00 bits per heavy atom. The lowest BCUT2D eigenvalue weighted by Crippen LogP contribution is -2.44. The second-order valence-corrected chi connectivity index (χ2v) is 4.18. The van der Waals surface area contributed by atoms with E-state index in [4.69, 9.17) is 5.73 Å². The molecule has 0 aliphatic heterocycles. The van der Waals surface area contributed by atoms with Gasteiger partial charge in [0.15, 0.2) is 0 Å². The van der Waals surface area contributed by atoms with Crippen molar-refractivity contribution in [2.75, 3.05) is 13.6 Å². The van der Waals surface area contributed by atoms with Crippen LogP contribution in [0.5, 0.6) is 0 Å². The second-order valence-electron chi connectivity index (χ2n) is 4.18. The zero-order chi connectivity index (χ0) is 13.8. The van der Waals surface area contributed by atoms with E-state index >= 15 is 0 Å². The predicted octanol–water partition coefficient (Wildman–Crippen LogP) is 2.54. The monoisotopic (exact) mass is 264 g/mol. The average molecular weight is 264 g/mol. The first-order chi connectivity index (χ1) is 8.34. The molecule has 6 heteroatoms. The number of halogens is 4. The molecule has 102 valence electrons. The molecular weight excluding hydrogens is 248 g/mol. The number of hydrogen-bond donors (Lipinski definition) is 1. The Kier molecular flexibility index (Phi) is 5.10. The highest BCUT2D eigenvalue weighted by Crippen LogP contribution is 2.27. The van der Waals surface area contributed by atoms with Crippen LogP contribution in [0, 0.1) is 5.82 Å². The van der Waals surface area contributed by atoms with E-state index in [0.717, 1.165) is 4.90 Å². The van der Waals surface area contributed by atoms with Gasteiger partial charge < -0.3 is 5.73 Å². The summed E-state index contributed by atoms with van der Waals surface area (Å²) in [6.07, 6.45) is -4.50. The Labute approximate surface area is 103 Å². The van der Waals surface area contributed by atoms with Crippen LogP contribution in [0.4, 0.5) is 17.6 Å². The van der Waals surface area contributed by atoms with Gasteiger partial charge in [0.2, 0.25) is 0 Å². The molecule has 0 saturated carbocycles. The molecule has 0 aromatic heterocycles. The molecular formula is C12H16F4N2. The highest BCUT2D eigenvalue weighted by Gasteiger charge is 2.41. The van der Waals surface area contributed by atoms with Crippen LogP contribution in [0.3, 0.4) is 0 Å². The van der Waals surface area contributed by atoms with Crippen molar-refractivity contribution >= 4 is 0 Å². The number of hydrogen-bond acceptors (Lipinski definition) is 2. The molecule has 1 aromatic carbocycles. The molecule has 0 fully saturated rings. The number of benzene rings is 1. The van der Waals surface area contributed by atoms with Crippen LogP contribution in [0.15, 0.2) is 24.3 Å². The van der Waals surface area contributed by atoms with E-state index in [0.29, 0.717) is 5.56 Å². The maximum atomic E-state index is 12.9. The highest BCUT2D eigenvalue weighted by atomic mass is 19.4. The first-order valence-corrected chi connectivity index (χ1v) is 5.56. The lowest BCUT2D eigenvalue weighted by atomic mass is 10.1. The minimum Gasteiger partial charge on any atom is -0.330 e. The van der Waals surface area contributed by atoms with Gasteiger partial charge in [-0.3, -0.25) is 4.90 Å². The summed E-state index contributed by atoms with van der Waals surface area (Å²) in [5, 5.41) is 0. The zero-order valence-corrected chi connectivity index (χ0v) is 10.0. The Hall–Kier alpha value is -1.14. The normalized spacial score (nSPS) is 13.9. The molecule has 0 aliphatic carbocycles. The van der Waals surface area contributed by atoms with Crippen LogP contribution in [-0.2, 0) is 6.54 Å². The van der Waals surface area contributed by atoms with Crippen LogP contribution in [0.1, 0.15) is 12.0 Å². The van der Waals surface area contributed by atoms with E-state index in [1.54, 1.807) is 6.07 Å². The molecule has 0 bridgehead atoms. The van der Waals surface area contributed by atoms with Crippen LogP contribution < -0.4 is 5.73 Å². The van der Waals surface area contributed by atoms with E-state index in [9.17, 15) is 17.6 Å². The molecule has 1 atom stereocenters. The van der Waals surface area contributed by atoms with Gasteiger partial charge in [-0.25, -0.2) is 4.39 Å². The average Bonchev–Trinajstić information content (AvgIpc) is 2.24. The van der Waals surface area contributed by atoms with E-state index in [1.807, 2.05) is 0 Å². The molecule has 0 amide bonds. The molecule has 0 spiro atoms. The largest absolute Gasteiger partial charge is 0.404 e. The van der Waals surface area contributed by atoms with Gasteiger partial charge >= 0.3 is 6.18 Å². The predicted molar refractivity (Wildman–Crippen MR) is 61.4 cm³/mol. The van der Waals surface area contributed by atoms with Gasteiger partial charge in [-0.05, 0) is 37.7 Å². The SMILES string of the molecule is CN(Cc1cccc(F)c1)C(CCN)C(F)(F)F. The molecule has 1 aromatic rings. The van der Waals surface area contributed by atoms with Crippen molar-refractivity contribution in [2.45, 2.75) is 25.2 Å². The Morgan fingerprint density at radius 1 is 1.33 bits per heavy atom. The summed E-state index contributed by atoms with van der Waals surface area (Å²) < 4.78 is 51.2. The maximum Gasteiger partial charge on any atom is 0.404 e. The summed E-state index contributed by atoms with van der Waals surface area (Å²) in [6, 6.07) is 3.95. The summed E-state index contributed by atoms with van der Waals surface area (Å²) in [4.78, 5) is 1.14. The van der Waals surface area contributed by atoms with Gasteiger partial charge in [0.1, 0.15) is 11.9 Å². The van der Waals surface area contributed by atoms with E-state index < -0.39 is 18.0 Å². The second kappa shape index (κ2) is 6.15. The quantitative estimate of drug-likeness (QED) is 0.828. The topological polar surface area (TPSA) is 29.3 Å². The van der Waals surface area contributed by atoms with Crippen LogP contribution in [0.25, 0.3) is 0 Å². The summed E-state index contributed by atoms with van der Waals surface area (Å²) in [6.45, 7) is -0.0143. The van der Waals surface area contributed by atoms with Crippen molar-refractivity contribution in [3.63, 3.8) is 0 Å². The van der Waals surface area contributed by atoms with Gasteiger partial charge in [-0.2, -0.15) is 13.2 Å². The van der Waals surface area contributed by atoms with E-state index in [2.05, 4.69) is 0 Å². The number of rotatable bonds is 5. The van der Waals surface area contributed by atoms with Gasteiger partial charge in [-0.15, -0.1) is 0 Å². The van der Waals surface area contributed by atoms with Crippen molar-refractivity contribution in [1.29, 1.82) is 0 Å². The van der Waals surface area contributed by atoms with Crippen molar-refractivity contribution in [2.24, 2.45) is 5.73 Å². The van der Waals surface area contributed by atoms with Crippen molar-refractivity contribution in [3.05, 3.63) is 35.6 Å². The molecule has 0 heterocycles. The minimum atomic E-state index is -4.33. The molecule has 2 N–H and O–H groups in total. The Morgan fingerprint density at radius 3 is 2.50 bits per heavy atom. The summed E-state index contributed by atoms with van der Waals surface area (Å²) in [7, 11) is 1.36. The standard InChI is InChI=1S/C12H16F4N2/c1-18(11(5-6-17)12(14,15)16)8-9-3-2-4-10(13)7-9/h2-4,7,11H,5-6,8,17H2,1H3. The third kappa shape index (κ3) is 4.27. The fourth-order valence-corrected chi connectivity index (χ4v) is 1.83. The summed E-state index contributed by atoms with van der Waals surface area (Å²) in [5.41, 5.74) is 5.70. The van der Waals surface area contributed by atoms with Crippen LogP contribution >= 0.6 is 0 Å². The summed E-state index contributed by atoms with van der Waals surface area (Å²) >= 11 is 0. The molecule has 0 aliphatic rings. The fraction of sp³-hybridized carbons (Fsp3) is 0.500. The Bertz CT molecular complexity index is 379. The lowest BCUT2D eigenvalue weighted by molar-refractivity contribution is -0.182. The van der Waals surface area contributed by atoms with E-state index in [1.165, 1.54) is 25.2 Å². The van der Waals surface area contributed by atoms with Gasteiger partial charge in [0.25, 0.3) is 0 Å². The van der Waals surface area contributed by atoms with Gasteiger partial charge in [0.05, 0.1) is 0 Å². The number of nitrogens with two attached hydrogens (primary N) is 1. The third-order valence-electron chi connectivity index (χ3n) is 2.67. The van der Waals surface area contributed by atoms with Crippen molar-refractivity contribution in [1.82, 2.24) is 4.90 Å². The van der Waals surface area contributed by atoms with Gasteiger partial charge in [0, 0.05) is 6.54 Å². The smallest absolute Gasteiger partial charge is 0.330 e. The first kappa shape index (κ1) is 14.9. The molecule has 2 nitrogen and oxygen atoms in total. The van der Waals surface area contributed by atoms with Gasteiger partial charge in [-0.1, -0.05) is 12.1 Å².